The maximum Gasteiger partial charge on any atom is -0.000751 e. The lowest BCUT2D eigenvalue weighted by Crippen LogP contribution is -1.84. The predicted molar refractivity (Wildman–Crippen MR) is 91.2 cm³/mol. The van der Waals surface area contributed by atoms with E-state index in [1.165, 1.54) is 27.8 Å². The fourth-order valence-corrected chi connectivity index (χ4v) is 2.76. The Balaban J connectivity index is 0.000000186. The van der Waals surface area contributed by atoms with Crippen LogP contribution in [0.1, 0.15) is 16.7 Å². The van der Waals surface area contributed by atoms with E-state index in [4.69, 9.17) is 0 Å². The molecule has 0 aliphatic heterocycles. The van der Waals surface area contributed by atoms with Crippen molar-refractivity contribution in [2.75, 3.05) is 0 Å². The molecule has 1 aliphatic carbocycles. The second kappa shape index (κ2) is 6.23. The zero-order valence-electron chi connectivity index (χ0n) is 12.0. The van der Waals surface area contributed by atoms with Crippen LogP contribution >= 0.6 is 0 Å². The van der Waals surface area contributed by atoms with Gasteiger partial charge in [-0.1, -0.05) is 91.5 Å². The molecule has 0 heterocycles. The van der Waals surface area contributed by atoms with Crippen LogP contribution in [0.5, 0.6) is 0 Å². The smallest absolute Gasteiger partial charge is 0.000751 e. The average molecular weight is 270 g/mol. The minimum atomic E-state index is 1.05. The van der Waals surface area contributed by atoms with Crippen LogP contribution in [0.15, 0.2) is 85.4 Å². The van der Waals surface area contributed by atoms with Crippen LogP contribution in [0, 0.1) is 0 Å². The van der Waals surface area contributed by atoms with Gasteiger partial charge in [-0.05, 0) is 34.2 Å². The molecule has 0 radical (unpaired) electrons. The van der Waals surface area contributed by atoms with Crippen LogP contribution in [0.2, 0.25) is 0 Å². The summed E-state index contributed by atoms with van der Waals surface area (Å²) in [6, 6.07) is 27.1. The maximum atomic E-state index is 3.87. The maximum absolute atomic E-state index is 3.87. The Bertz CT molecular complexity index is 712. The van der Waals surface area contributed by atoms with Gasteiger partial charge in [0.05, 0.1) is 0 Å². The van der Waals surface area contributed by atoms with Gasteiger partial charge in [0.1, 0.15) is 0 Å². The van der Waals surface area contributed by atoms with Gasteiger partial charge in [-0.25, -0.2) is 0 Å². The number of fused-ring (bicyclic) bond motifs is 3. The lowest BCUT2D eigenvalue weighted by molar-refractivity contribution is 1.25. The second-order valence-corrected chi connectivity index (χ2v) is 5.07. The third-order valence-electron chi connectivity index (χ3n) is 3.77. The van der Waals surface area contributed by atoms with Crippen molar-refractivity contribution in [2.45, 2.75) is 6.42 Å². The molecule has 0 bridgehead atoms. The van der Waals surface area contributed by atoms with Gasteiger partial charge in [-0.3, -0.25) is 0 Å². The van der Waals surface area contributed by atoms with Crippen LogP contribution in [-0.2, 0) is 6.42 Å². The minimum absolute atomic E-state index is 1.05. The van der Waals surface area contributed by atoms with E-state index < -0.39 is 0 Å². The largest absolute Gasteiger partial charge is 0.0985 e. The summed E-state index contributed by atoms with van der Waals surface area (Å²) < 4.78 is 0. The SMILES string of the molecule is C=Cc1cccc2c1Cc1ccccc1-2.c1ccccc1. The van der Waals surface area contributed by atoms with E-state index in [1.807, 2.05) is 42.5 Å². The number of benzene rings is 3. The van der Waals surface area contributed by atoms with Crippen molar-refractivity contribution in [3.8, 4) is 11.1 Å². The molecule has 3 aromatic carbocycles. The van der Waals surface area contributed by atoms with Crippen molar-refractivity contribution in [1.29, 1.82) is 0 Å². The molecule has 4 rings (SSSR count). The van der Waals surface area contributed by atoms with Crippen LogP contribution in [0.3, 0.4) is 0 Å². The van der Waals surface area contributed by atoms with Crippen molar-refractivity contribution < 1.29 is 0 Å². The van der Waals surface area contributed by atoms with Crippen molar-refractivity contribution >= 4 is 6.08 Å². The van der Waals surface area contributed by atoms with E-state index >= 15 is 0 Å². The fraction of sp³-hybridized carbons (Fsp3) is 0.0476. The molecule has 0 atom stereocenters. The third kappa shape index (κ3) is 2.80. The molecule has 0 unspecified atom stereocenters. The first-order chi connectivity index (χ1) is 10.4. The molecule has 0 fully saturated rings. The summed E-state index contributed by atoms with van der Waals surface area (Å²) in [4.78, 5) is 0. The zero-order valence-corrected chi connectivity index (χ0v) is 12.0. The topological polar surface area (TPSA) is 0 Å². The summed E-state index contributed by atoms with van der Waals surface area (Å²) in [7, 11) is 0. The lowest BCUT2D eigenvalue weighted by Gasteiger charge is -2.03. The molecule has 0 saturated carbocycles. The molecule has 0 heteroatoms. The van der Waals surface area contributed by atoms with E-state index in [0.717, 1.165) is 6.42 Å². The molecule has 0 N–H and O–H groups in total. The molecule has 0 nitrogen and oxygen atoms in total. The molecule has 102 valence electrons. The van der Waals surface area contributed by atoms with Gasteiger partial charge in [-0.2, -0.15) is 0 Å². The zero-order chi connectivity index (χ0) is 14.5. The Morgan fingerprint density at radius 2 is 1.29 bits per heavy atom. The van der Waals surface area contributed by atoms with Crippen molar-refractivity contribution in [1.82, 2.24) is 0 Å². The highest BCUT2D eigenvalue weighted by molar-refractivity contribution is 5.80. The Hall–Kier alpha value is -2.60. The van der Waals surface area contributed by atoms with Gasteiger partial charge in [-0.15, -0.1) is 0 Å². The third-order valence-corrected chi connectivity index (χ3v) is 3.77. The molecule has 21 heavy (non-hydrogen) atoms. The highest BCUT2D eigenvalue weighted by Gasteiger charge is 2.18. The number of hydrogen-bond acceptors (Lipinski definition) is 0. The predicted octanol–water partition coefficient (Wildman–Crippen LogP) is 5.59. The summed E-state index contributed by atoms with van der Waals surface area (Å²) in [6.45, 7) is 3.87. The molecule has 3 aromatic rings. The minimum Gasteiger partial charge on any atom is -0.0985 e. The first-order valence-corrected chi connectivity index (χ1v) is 7.23. The molecule has 0 amide bonds. The average Bonchev–Trinajstić information content (AvgIpc) is 2.96. The van der Waals surface area contributed by atoms with E-state index in [2.05, 4.69) is 49.0 Å². The Labute approximate surface area is 126 Å². The van der Waals surface area contributed by atoms with E-state index in [0.29, 0.717) is 0 Å². The van der Waals surface area contributed by atoms with Gasteiger partial charge in [0.15, 0.2) is 0 Å². The van der Waals surface area contributed by atoms with E-state index in [9.17, 15) is 0 Å². The molecule has 0 saturated heterocycles. The highest BCUT2D eigenvalue weighted by atomic mass is 14.2. The highest BCUT2D eigenvalue weighted by Crippen LogP contribution is 2.38. The summed E-state index contributed by atoms with van der Waals surface area (Å²) in [5, 5.41) is 0. The normalized spacial score (nSPS) is 10.9. The molecule has 0 spiro atoms. The van der Waals surface area contributed by atoms with E-state index in [1.54, 1.807) is 0 Å². The first kappa shape index (κ1) is 13.4. The first-order valence-electron chi connectivity index (χ1n) is 7.23. The summed E-state index contributed by atoms with van der Waals surface area (Å²) >= 11 is 0. The van der Waals surface area contributed by atoms with Crippen molar-refractivity contribution in [3.63, 3.8) is 0 Å². The van der Waals surface area contributed by atoms with Gasteiger partial charge in [0.2, 0.25) is 0 Å². The Morgan fingerprint density at radius 1 is 0.667 bits per heavy atom. The van der Waals surface area contributed by atoms with Crippen molar-refractivity contribution in [3.05, 3.63) is 102 Å². The monoisotopic (exact) mass is 270 g/mol. The molecule has 0 aromatic heterocycles. The van der Waals surface area contributed by atoms with E-state index in [-0.39, 0.29) is 0 Å². The van der Waals surface area contributed by atoms with Crippen LogP contribution in [-0.4, -0.2) is 0 Å². The summed E-state index contributed by atoms with van der Waals surface area (Å²) in [5.41, 5.74) is 6.89. The lowest BCUT2D eigenvalue weighted by atomic mass is 10.0. The van der Waals surface area contributed by atoms with Gasteiger partial charge >= 0.3 is 0 Å². The van der Waals surface area contributed by atoms with Crippen LogP contribution in [0.4, 0.5) is 0 Å². The van der Waals surface area contributed by atoms with Crippen molar-refractivity contribution in [2.24, 2.45) is 0 Å². The summed E-state index contributed by atoms with van der Waals surface area (Å²) in [5.74, 6) is 0. The Kier molecular flexibility index (Phi) is 3.97. The van der Waals surface area contributed by atoms with Crippen LogP contribution < -0.4 is 0 Å². The molecule has 1 aliphatic rings. The number of hydrogen-bond donors (Lipinski definition) is 0. The number of rotatable bonds is 1. The molecular weight excluding hydrogens is 252 g/mol. The van der Waals surface area contributed by atoms with Gasteiger partial charge in [0, 0.05) is 0 Å². The Morgan fingerprint density at radius 3 is 1.95 bits per heavy atom. The summed E-state index contributed by atoms with van der Waals surface area (Å²) in [6.07, 6.45) is 3.00. The quantitative estimate of drug-likeness (QED) is 0.423. The fourth-order valence-electron chi connectivity index (χ4n) is 2.76. The second-order valence-electron chi connectivity index (χ2n) is 5.07. The van der Waals surface area contributed by atoms with Gasteiger partial charge < -0.3 is 0 Å². The molecular formula is C21H18. The van der Waals surface area contributed by atoms with Gasteiger partial charge in [0.25, 0.3) is 0 Å². The van der Waals surface area contributed by atoms with Crippen LogP contribution in [0.25, 0.3) is 17.2 Å². The standard InChI is InChI=1S/C15H12.C6H6/c1-2-11-7-5-9-14-13-8-4-3-6-12(13)10-15(11)14;1-2-4-6-5-3-1/h2-9H,1,10H2;1-6H.